The fourth-order valence-corrected chi connectivity index (χ4v) is 1.00. The minimum atomic E-state index is 0.390. The zero-order valence-electron chi connectivity index (χ0n) is 7.81. The van der Waals surface area contributed by atoms with Crippen LogP contribution in [0.15, 0.2) is 18.7 Å². The van der Waals surface area contributed by atoms with Crippen LogP contribution in [-0.4, -0.2) is 11.2 Å². The molecular weight excluding hydrogens is 166 g/mol. The SMILES string of the molecule is CCCOC[n+]1ccn(CC#N)c1. The van der Waals surface area contributed by atoms with E-state index in [0.717, 1.165) is 13.0 Å². The second-order valence-electron chi connectivity index (χ2n) is 2.80. The molecule has 0 saturated carbocycles. The molecule has 0 unspecified atom stereocenters. The molecule has 70 valence electrons. The summed E-state index contributed by atoms with van der Waals surface area (Å²) < 4.78 is 9.05. The second kappa shape index (κ2) is 5.33. The normalized spacial score (nSPS) is 9.85. The maximum absolute atomic E-state index is 8.43. The summed E-state index contributed by atoms with van der Waals surface area (Å²) in [5, 5.41) is 8.43. The van der Waals surface area contributed by atoms with Crippen LogP contribution in [0.5, 0.6) is 0 Å². The van der Waals surface area contributed by atoms with Gasteiger partial charge in [-0.25, -0.2) is 9.13 Å². The summed E-state index contributed by atoms with van der Waals surface area (Å²) in [6, 6.07) is 2.07. The summed E-state index contributed by atoms with van der Waals surface area (Å²) in [4.78, 5) is 0. The summed E-state index contributed by atoms with van der Waals surface area (Å²) in [5.74, 6) is 0. The summed E-state index contributed by atoms with van der Waals surface area (Å²) in [6.45, 7) is 3.80. The monoisotopic (exact) mass is 180 g/mol. The molecule has 0 aliphatic heterocycles. The third-order valence-electron chi connectivity index (χ3n) is 1.59. The van der Waals surface area contributed by atoms with Crippen LogP contribution in [0.25, 0.3) is 0 Å². The van der Waals surface area contributed by atoms with Crippen molar-refractivity contribution < 1.29 is 9.30 Å². The van der Waals surface area contributed by atoms with E-state index in [9.17, 15) is 0 Å². The number of hydrogen-bond donors (Lipinski definition) is 0. The van der Waals surface area contributed by atoms with E-state index in [1.165, 1.54) is 0 Å². The van der Waals surface area contributed by atoms with Crippen molar-refractivity contribution in [3.63, 3.8) is 0 Å². The van der Waals surface area contributed by atoms with E-state index < -0.39 is 0 Å². The number of nitriles is 1. The average Bonchev–Trinajstić information content (AvgIpc) is 2.54. The highest BCUT2D eigenvalue weighted by Crippen LogP contribution is 1.84. The Morgan fingerprint density at radius 2 is 2.46 bits per heavy atom. The Balaban J connectivity index is 2.36. The zero-order valence-corrected chi connectivity index (χ0v) is 7.81. The van der Waals surface area contributed by atoms with Gasteiger partial charge in [-0.3, -0.25) is 0 Å². The van der Waals surface area contributed by atoms with Gasteiger partial charge in [0.2, 0.25) is 6.33 Å². The molecule has 1 aromatic heterocycles. The second-order valence-corrected chi connectivity index (χ2v) is 2.80. The van der Waals surface area contributed by atoms with Gasteiger partial charge in [-0.1, -0.05) is 6.92 Å². The highest BCUT2D eigenvalue weighted by Gasteiger charge is 2.01. The average molecular weight is 180 g/mol. The van der Waals surface area contributed by atoms with Gasteiger partial charge in [0.1, 0.15) is 18.5 Å². The number of nitrogens with zero attached hydrogens (tertiary/aromatic N) is 3. The Labute approximate surface area is 78.0 Å². The van der Waals surface area contributed by atoms with E-state index >= 15 is 0 Å². The van der Waals surface area contributed by atoms with Crippen LogP contribution < -0.4 is 4.57 Å². The number of rotatable bonds is 5. The number of imidazole rings is 1. The molecule has 1 rings (SSSR count). The molecule has 1 aromatic rings. The van der Waals surface area contributed by atoms with Crippen molar-refractivity contribution >= 4 is 0 Å². The van der Waals surface area contributed by atoms with E-state index in [1.54, 1.807) is 0 Å². The van der Waals surface area contributed by atoms with Crippen LogP contribution in [0.3, 0.4) is 0 Å². The van der Waals surface area contributed by atoms with Crippen molar-refractivity contribution in [2.45, 2.75) is 26.6 Å². The number of ether oxygens (including phenoxy) is 1. The maximum Gasteiger partial charge on any atom is 0.246 e. The van der Waals surface area contributed by atoms with Gasteiger partial charge in [0.05, 0.1) is 6.61 Å². The molecule has 0 fully saturated rings. The Morgan fingerprint density at radius 1 is 1.62 bits per heavy atom. The maximum atomic E-state index is 8.43. The van der Waals surface area contributed by atoms with Gasteiger partial charge in [-0.05, 0) is 6.42 Å². The van der Waals surface area contributed by atoms with Gasteiger partial charge in [0.15, 0.2) is 13.3 Å². The van der Waals surface area contributed by atoms with E-state index in [-0.39, 0.29) is 0 Å². The first-order chi connectivity index (χ1) is 6.36. The van der Waals surface area contributed by atoms with Crippen LogP contribution in [0.2, 0.25) is 0 Å². The molecular formula is C9H14N3O+. The smallest absolute Gasteiger partial charge is 0.246 e. The Bertz CT molecular complexity index is 287. The van der Waals surface area contributed by atoms with Crippen molar-refractivity contribution in [3.05, 3.63) is 18.7 Å². The van der Waals surface area contributed by atoms with Crippen molar-refractivity contribution in [3.8, 4) is 6.07 Å². The highest BCUT2D eigenvalue weighted by atomic mass is 16.5. The van der Waals surface area contributed by atoms with Gasteiger partial charge >= 0.3 is 0 Å². The molecule has 13 heavy (non-hydrogen) atoms. The Kier molecular flexibility index (Phi) is 4.00. The topological polar surface area (TPSA) is 41.8 Å². The van der Waals surface area contributed by atoms with E-state index in [4.69, 9.17) is 10.00 Å². The predicted molar refractivity (Wildman–Crippen MR) is 46.5 cm³/mol. The lowest BCUT2D eigenvalue weighted by Crippen LogP contribution is -2.32. The Hall–Kier alpha value is -1.34. The van der Waals surface area contributed by atoms with Crippen LogP contribution in [0.4, 0.5) is 0 Å². The summed E-state index contributed by atoms with van der Waals surface area (Å²) in [5.41, 5.74) is 0. The van der Waals surface area contributed by atoms with Gasteiger partial charge < -0.3 is 4.74 Å². The summed E-state index contributed by atoms with van der Waals surface area (Å²) in [7, 11) is 0. The molecule has 0 N–H and O–H groups in total. The first-order valence-corrected chi connectivity index (χ1v) is 4.36. The molecule has 0 saturated heterocycles. The summed E-state index contributed by atoms with van der Waals surface area (Å²) in [6.07, 6.45) is 6.64. The number of hydrogen-bond acceptors (Lipinski definition) is 2. The fourth-order valence-electron chi connectivity index (χ4n) is 1.00. The third kappa shape index (κ3) is 3.26. The largest absolute Gasteiger partial charge is 0.342 e. The molecule has 4 heteroatoms. The first kappa shape index (κ1) is 9.75. The van der Waals surface area contributed by atoms with Gasteiger partial charge in [0, 0.05) is 0 Å². The third-order valence-corrected chi connectivity index (χ3v) is 1.59. The summed E-state index contributed by atoms with van der Waals surface area (Å²) >= 11 is 0. The molecule has 0 radical (unpaired) electrons. The van der Waals surface area contributed by atoms with Crippen molar-refractivity contribution in [1.29, 1.82) is 5.26 Å². The molecule has 4 nitrogen and oxygen atoms in total. The van der Waals surface area contributed by atoms with E-state index in [0.29, 0.717) is 13.3 Å². The van der Waals surface area contributed by atoms with Gasteiger partial charge in [0.25, 0.3) is 0 Å². The number of aromatic nitrogens is 2. The van der Waals surface area contributed by atoms with E-state index in [2.05, 4.69) is 13.0 Å². The fraction of sp³-hybridized carbons (Fsp3) is 0.556. The molecule has 1 heterocycles. The predicted octanol–water partition coefficient (Wildman–Crippen LogP) is 0.683. The molecule has 0 aliphatic rings. The molecule has 0 amide bonds. The molecule has 0 atom stereocenters. The zero-order chi connectivity index (χ0) is 9.52. The standard InChI is InChI=1S/C9H14N3O/c1-2-7-13-9-12-6-5-11(8-12)4-3-10/h5-6,8H,2,4,7,9H2,1H3/q+1. The van der Waals surface area contributed by atoms with Gasteiger partial charge in [-0.2, -0.15) is 5.26 Å². The lowest BCUT2D eigenvalue weighted by molar-refractivity contribution is -0.732. The minimum Gasteiger partial charge on any atom is -0.342 e. The molecule has 0 spiro atoms. The highest BCUT2D eigenvalue weighted by molar-refractivity contribution is 4.75. The van der Waals surface area contributed by atoms with Crippen LogP contribution in [-0.2, 0) is 18.0 Å². The van der Waals surface area contributed by atoms with Crippen molar-refractivity contribution in [2.24, 2.45) is 0 Å². The van der Waals surface area contributed by atoms with E-state index in [1.807, 2.05) is 27.9 Å². The lowest BCUT2D eigenvalue weighted by Gasteiger charge is -1.96. The van der Waals surface area contributed by atoms with Crippen LogP contribution >= 0.6 is 0 Å². The van der Waals surface area contributed by atoms with Crippen molar-refractivity contribution in [1.82, 2.24) is 4.57 Å². The van der Waals surface area contributed by atoms with Crippen LogP contribution in [0, 0.1) is 11.3 Å². The molecule has 0 aromatic carbocycles. The first-order valence-electron chi connectivity index (χ1n) is 4.36. The Morgan fingerprint density at radius 3 is 3.15 bits per heavy atom. The van der Waals surface area contributed by atoms with Crippen LogP contribution in [0.1, 0.15) is 13.3 Å². The molecule has 0 bridgehead atoms. The minimum absolute atomic E-state index is 0.390. The lowest BCUT2D eigenvalue weighted by atomic mass is 10.5. The molecule has 0 aliphatic carbocycles. The van der Waals surface area contributed by atoms with Gasteiger partial charge in [-0.15, -0.1) is 0 Å². The van der Waals surface area contributed by atoms with Crippen molar-refractivity contribution in [2.75, 3.05) is 6.61 Å². The quantitative estimate of drug-likeness (QED) is 0.494.